The van der Waals surface area contributed by atoms with E-state index in [0.717, 1.165) is 69.6 Å². The molecular weight excluding hydrogens is 697 g/mol. The Hall–Kier alpha value is -1.59. The number of carbonyl (C=O) groups excluding carboxylic acids is 3. The molecular formula is C50H96O6. The molecule has 0 saturated carbocycles. The van der Waals surface area contributed by atoms with Crippen molar-refractivity contribution in [2.75, 3.05) is 13.2 Å². The minimum atomic E-state index is -0.759. The zero-order chi connectivity index (χ0) is 41.2. The number of rotatable bonds is 44. The highest BCUT2D eigenvalue weighted by Gasteiger charge is 2.19. The molecule has 0 bridgehead atoms. The first kappa shape index (κ1) is 54.4. The standard InChI is InChI=1S/C50H96O6/c1-6-7-8-9-23-32-37-42-50(53)56-47(44-55-49(52)41-36-31-27-22-18-20-25-29-34-39-46(4)5)43-54-48(51)40-35-30-26-21-17-15-13-11-10-12-14-16-19-24-28-33-38-45(2)3/h45-47H,6-44H2,1-5H3/t47-/m1/s1. The summed E-state index contributed by atoms with van der Waals surface area (Å²) in [4.78, 5) is 37.7. The Bertz CT molecular complexity index is 854. The molecule has 6 nitrogen and oxygen atoms in total. The van der Waals surface area contributed by atoms with Crippen molar-refractivity contribution in [1.82, 2.24) is 0 Å². The molecule has 0 aromatic rings. The van der Waals surface area contributed by atoms with Crippen molar-refractivity contribution in [3.05, 3.63) is 0 Å². The summed E-state index contributed by atoms with van der Waals surface area (Å²) in [5, 5.41) is 0. The van der Waals surface area contributed by atoms with Crippen LogP contribution in [0.1, 0.15) is 272 Å². The maximum absolute atomic E-state index is 12.6. The predicted molar refractivity (Wildman–Crippen MR) is 238 cm³/mol. The SMILES string of the molecule is CCCCCCCCCC(=O)O[C@H](COC(=O)CCCCCCCCCCCCCCCCCCC(C)C)COC(=O)CCCCCCCCCCCC(C)C. The Morgan fingerprint density at radius 1 is 0.339 bits per heavy atom. The number of hydrogen-bond donors (Lipinski definition) is 0. The van der Waals surface area contributed by atoms with Gasteiger partial charge in [0.2, 0.25) is 0 Å². The van der Waals surface area contributed by atoms with E-state index in [9.17, 15) is 14.4 Å². The van der Waals surface area contributed by atoms with Crippen molar-refractivity contribution in [2.24, 2.45) is 11.8 Å². The Balaban J connectivity index is 4.15. The molecule has 0 aliphatic rings. The number of unbranched alkanes of at least 4 members (excludes halogenated alkanes) is 29. The fraction of sp³-hybridized carbons (Fsp3) is 0.940. The van der Waals surface area contributed by atoms with Gasteiger partial charge in [0.15, 0.2) is 6.10 Å². The van der Waals surface area contributed by atoms with Gasteiger partial charge in [-0.15, -0.1) is 0 Å². The van der Waals surface area contributed by atoms with E-state index in [1.165, 1.54) is 161 Å². The van der Waals surface area contributed by atoms with Crippen LogP contribution in [0.15, 0.2) is 0 Å². The molecule has 0 radical (unpaired) electrons. The van der Waals surface area contributed by atoms with E-state index in [2.05, 4.69) is 34.6 Å². The Morgan fingerprint density at radius 3 is 0.875 bits per heavy atom. The maximum atomic E-state index is 12.6. The largest absolute Gasteiger partial charge is 0.462 e. The average molecular weight is 793 g/mol. The van der Waals surface area contributed by atoms with E-state index in [-0.39, 0.29) is 31.1 Å². The van der Waals surface area contributed by atoms with Gasteiger partial charge in [-0.3, -0.25) is 14.4 Å². The summed E-state index contributed by atoms with van der Waals surface area (Å²) < 4.78 is 16.7. The molecule has 1 atom stereocenters. The topological polar surface area (TPSA) is 78.9 Å². The van der Waals surface area contributed by atoms with Crippen LogP contribution in [0.2, 0.25) is 0 Å². The second-order valence-electron chi connectivity index (χ2n) is 18.1. The smallest absolute Gasteiger partial charge is 0.306 e. The Morgan fingerprint density at radius 2 is 0.589 bits per heavy atom. The van der Waals surface area contributed by atoms with Gasteiger partial charge < -0.3 is 14.2 Å². The van der Waals surface area contributed by atoms with Crippen molar-refractivity contribution in [3.8, 4) is 0 Å². The zero-order valence-corrected chi connectivity index (χ0v) is 38.3. The van der Waals surface area contributed by atoms with E-state index >= 15 is 0 Å². The lowest BCUT2D eigenvalue weighted by molar-refractivity contribution is -0.167. The molecule has 0 aromatic carbocycles. The van der Waals surface area contributed by atoms with Crippen LogP contribution in [0.3, 0.4) is 0 Å². The highest BCUT2D eigenvalue weighted by molar-refractivity contribution is 5.71. The number of carbonyl (C=O) groups is 3. The van der Waals surface area contributed by atoms with Gasteiger partial charge in [0.1, 0.15) is 13.2 Å². The molecule has 332 valence electrons. The maximum Gasteiger partial charge on any atom is 0.306 e. The van der Waals surface area contributed by atoms with Gasteiger partial charge in [-0.25, -0.2) is 0 Å². The number of hydrogen-bond acceptors (Lipinski definition) is 6. The molecule has 0 N–H and O–H groups in total. The molecule has 0 amide bonds. The van der Waals surface area contributed by atoms with Crippen molar-refractivity contribution < 1.29 is 28.6 Å². The lowest BCUT2D eigenvalue weighted by Crippen LogP contribution is -2.30. The number of ether oxygens (including phenoxy) is 3. The van der Waals surface area contributed by atoms with E-state index in [1.807, 2.05) is 0 Å². The Labute approximate surface area is 348 Å². The van der Waals surface area contributed by atoms with Crippen LogP contribution in [0.4, 0.5) is 0 Å². The van der Waals surface area contributed by atoms with Gasteiger partial charge in [-0.05, 0) is 31.1 Å². The zero-order valence-electron chi connectivity index (χ0n) is 38.3. The Kier molecular flexibility index (Phi) is 41.8. The van der Waals surface area contributed by atoms with Gasteiger partial charge in [-0.1, -0.05) is 234 Å². The van der Waals surface area contributed by atoms with Crippen LogP contribution in [-0.2, 0) is 28.6 Å². The summed E-state index contributed by atoms with van der Waals surface area (Å²) in [5.41, 5.74) is 0. The van der Waals surface area contributed by atoms with Crippen LogP contribution < -0.4 is 0 Å². The second-order valence-corrected chi connectivity index (χ2v) is 18.1. The summed E-state index contributed by atoms with van der Waals surface area (Å²) in [6.07, 6.45) is 42.5. The first-order chi connectivity index (χ1) is 27.2. The summed E-state index contributed by atoms with van der Waals surface area (Å²) >= 11 is 0. The van der Waals surface area contributed by atoms with E-state index in [1.54, 1.807) is 0 Å². The van der Waals surface area contributed by atoms with Gasteiger partial charge in [-0.2, -0.15) is 0 Å². The predicted octanol–water partition coefficient (Wildman–Crippen LogP) is 15.8. The van der Waals surface area contributed by atoms with Crippen molar-refractivity contribution in [2.45, 2.75) is 278 Å². The van der Waals surface area contributed by atoms with Crippen LogP contribution >= 0.6 is 0 Å². The number of esters is 3. The first-order valence-corrected chi connectivity index (χ1v) is 24.7. The molecule has 0 aliphatic carbocycles. The average Bonchev–Trinajstić information content (AvgIpc) is 3.16. The van der Waals surface area contributed by atoms with E-state index in [0.29, 0.717) is 19.3 Å². The summed E-state index contributed by atoms with van der Waals surface area (Å²) in [6, 6.07) is 0. The first-order valence-electron chi connectivity index (χ1n) is 24.7. The van der Waals surface area contributed by atoms with Gasteiger partial charge >= 0.3 is 17.9 Å². The summed E-state index contributed by atoms with van der Waals surface area (Å²) in [7, 11) is 0. The quantitative estimate of drug-likeness (QED) is 0.0347. The van der Waals surface area contributed by atoms with E-state index in [4.69, 9.17) is 14.2 Å². The molecule has 56 heavy (non-hydrogen) atoms. The van der Waals surface area contributed by atoms with Crippen LogP contribution in [0.25, 0.3) is 0 Å². The van der Waals surface area contributed by atoms with Gasteiger partial charge in [0.25, 0.3) is 0 Å². The minimum Gasteiger partial charge on any atom is -0.462 e. The molecule has 6 heteroatoms. The van der Waals surface area contributed by atoms with Crippen LogP contribution in [0.5, 0.6) is 0 Å². The molecule has 0 heterocycles. The normalized spacial score (nSPS) is 12.1. The molecule has 0 spiro atoms. The fourth-order valence-electron chi connectivity index (χ4n) is 7.46. The molecule has 0 fully saturated rings. The van der Waals surface area contributed by atoms with Crippen LogP contribution in [-0.4, -0.2) is 37.2 Å². The summed E-state index contributed by atoms with van der Waals surface area (Å²) in [6.45, 7) is 11.3. The molecule has 0 saturated heterocycles. The summed E-state index contributed by atoms with van der Waals surface area (Å²) in [5.74, 6) is 0.802. The van der Waals surface area contributed by atoms with Crippen molar-refractivity contribution in [1.29, 1.82) is 0 Å². The third-order valence-corrected chi connectivity index (χ3v) is 11.2. The van der Waals surface area contributed by atoms with Gasteiger partial charge in [0, 0.05) is 19.3 Å². The van der Waals surface area contributed by atoms with Crippen LogP contribution in [0, 0.1) is 11.8 Å². The molecule has 0 rings (SSSR count). The van der Waals surface area contributed by atoms with Gasteiger partial charge in [0.05, 0.1) is 0 Å². The molecule has 0 aromatic heterocycles. The lowest BCUT2D eigenvalue weighted by Gasteiger charge is -2.18. The minimum absolute atomic E-state index is 0.0647. The monoisotopic (exact) mass is 793 g/mol. The molecule has 0 unspecified atom stereocenters. The highest BCUT2D eigenvalue weighted by atomic mass is 16.6. The second kappa shape index (κ2) is 43.0. The third-order valence-electron chi connectivity index (χ3n) is 11.2. The van der Waals surface area contributed by atoms with Crippen molar-refractivity contribution in [3.63, 3.8) is 0 Å². The molecule has 0 aliphatic heterocycles. The van der Waals surface area contributed by atoms with E-state index < -0.39 is 6.10 Å². The highest BCUT2D eigenvalue weighted by Crippen LogP contribution is 2.17. The third kappa shape index (κ3) is 43.5. The fourth-order valence-corrected chi connectivity index (χ4v) is 7.46. The lowest BCUT2D eigenvalue weighted by atomic mass is 10.0. The van der Waals surface area contributed by atoms with Crippen molar-refractivity contribution >= 4 is 17.9 Å².